The van der Waals surface area contributed by atoms with Crippen LogP contribution in [0.15, 0.2) is 0 Å². The van der Waals surface area contributed by atoms with E-state index >= 15 is 0 Å². The number of carboxylic acids is 1. The molecule has 0 aliphatic carbocycles. The summed E-state index contributed by atoms with van der Waals surface area (Å²) in [7, 11) is 0. The van der Waals surface area contributed by atoms with Gasteiger partial charge in [0.2, 0.25) is 0 Å². The van der Waals surface area contributed by atoms with Crippen molar-refractivity contribution in [1.29, 1.82) is 0 Å². The van der Waals surface area contributed by atoms with Crippen LogP contribution in [0.2, 0.25) is 0 Å². The van der Waals surface area contributed by atoms with Crippen LogP contribution in [0, 0.1) is 0 Å². The van der Waals surface area contributed by atoms with E-state index < -0.39 is 11.2 Å². The average molecular weight is 164 g/mol. The molecule has 0 rings (SSSR count). The number of hydrogen-bond donors (Lipinski definition) is 2. The molecule has 0 amide bonds. The lowest BCUT2D eigenvalue weighted by Crippen LogP contribution is -2.19. The van der Waals surface area contributed by atoms with Crippen molar-refractivity contribution >= 4 is 18.6 Å². The summed E-state index contributed by atoms with van der Waals surface area (Å²) in [6.07, 6.45) is 0.903. The maximum absolute atomic E-state index is 10.1. The summed E-state index contributed by atoms with van der Waals surface area (Å²) in [4.78, 5) is 10.1. The Morgan fingerprint density at radius 1 is 1.80 bits per heavy atom. The largest absolute Gasteiger partial charge is 0.480 e. The highest BCUT2D eigenvalue weighted by Gasteiger charge is 2.10. The molecular weight excluding hydrogens is 152 g/mol. The molecule has 4 heteroatoms. The van der Waals surface area contributed by atoms with Crippen LogP contribution in [0.3, 0.4) is 0 Å². The maximum atomic E-state index is 10.1. The molecule has 3 nitrogen and oxygen atoms in total. The van der Waals surface area contributed by atoms with Crippen LogP contribution in [0.4, 0.5) is 0 Å². The topological polar surface area (TPSA) is 46.5 Å². The summed E-state index contributed by atoms with van der Waals surface area (Å²) in [5, 5.41) is 7.64. The number of ether oxygens (including phenoxy) is 1. The highest BCUT2D eigenvalue weighted by Crippen LogP contribution is 1.95. The van der Waals surface area contributed by atoms with E-state index in [9.17, 15) is 4.79 Å². The Balaban J connectivity index is 3.21. The van der Waals surface area contributed by atoms with Gasteiger partial charge in [0, 0.05) is 6.61 Å². The van der Waals surface area contributed by atoms with Gasteiger partial charge in [-0.05, 0) is 6.42 Å². The summed E-state index contributed by atoms with van der Waals surface area (Å²) in [6.45, 7) is 2.75. The predicted octanol–water partition coefficient (Wildman–Crippen LogP) is 0.796. The zero-order valence-electron chi connectivity index (χ0n) is 5.91. The average Bonchev–Trinajstić information content (AvgIpc) is 1.88. The maximum Gasteiger partial charge on any atom is 0.318 e. The summed E-state index contributed by atoms with van der Waals surface area (Å²) in [6, 6.07) is 0. The molecule has 1 atom stereocenters. The second kappa shape index (κ2) is 5.56. The quantitative estimate of drug-likeness (QED) is 0.466. The van der Waals surface area contributed by atoms with Gasteiger partial charge in [0.15, 0.2) is 0 Å². The molecule has 0 fully saturated rings. The minimum atomic E-state index is -0.931. The van der Waals surface area contributed by atoms with Gasteiger partial charge in [-0.1, -0.05) is 6.92 Å². The smallest absolute Gasteiger partial charge is 0.318 e. The second-order valence-electron chi connectivity index (χ2n) is 1.93. The van der Waals surface area contributed by atoms with Gasteiger partial charge in [-0.3, -0.25) is 4.79 Å². The third-order valence-corrected chi connectivity index (χ3v) is 1.28. The van der Waals surface area contributed by atoms with Crippen LogP contribution >= 0.6 is 12.6 Å². The first-order valence-electron chi connectivity index (χ1n) is 3.17. The molecule has 1 N–H and O–H groups in total. The molecule has 0 aromatic carbocycles. The molecular formula is C6H12O3S. The van der Waals surface area contributed by atoms with Crippen molar-refractivity contribution in [1.82, 2.24) is 0 Å². The van der Waals surface area contributed by atoms with E-state index in [-0.39, 0.29) is 6.61 Å². The summed E-state index contributed by atoms with van der Waals surface area (Å²) < 4.78 is 4.95. The Morgan fingerprint density at radius 3 is 2.80 bits per heavy atom. The lowest BCUT2D eigenvalue weighted by Gasteiger charge is -2.04. The van der Waals surface area contributed by atoms with Gasteiger partial charge >= 0.3 is 5.97 Å². The van der Waals surface area contributed by atoms with E-state index in [2.05, 4.69) is 12.6 Å². The van der Waals surface area contributed by atoms with Crippen LogP contribution in [0.5, 0.6) is 0 Å². The van der Waals surface area contributed by atoms with Gasteiger partial charge in [-0.2, -0.15) is 12.6 Å². The van der Waals surface area contributed by atoms with Crippen LogP contribution in [-0.4, -0.2) is 29.5 Å². The summed E-state index contributed by atoms with van der Waals surface area (Å²) >= 11 is 3.77. The first-order chi connectivity index (χ1) is 4.68. The van der Waals surface area contributed by atoms with Crippen molar-refractivity contribution < 1.29 is 14.6 Å². The Labute approximate surface area is 65.8 Å². The fourth-order valence-corrected chi connectivity index (χ4v) is 0.516. The lowest BCUT2D eigenvalue weighted by molar-refractivity contribution is -0.137. The van der Waals surface area contributed by atoms with Crippen LogP contribution in [-0.2, 0) is 9.53 Å². The van der Waals surface area contributed by atoms with E-state index in [4.69, 9.17) is 9.84 Å². The number of carbonyl (C=O) groups is 1. The zero-order chi connectivity index (χ0) is 7.98. The summed E-state index contributed by atoms with van der Waals surface area (Å²) in [5.74, 6) is -0.931. The number of thiol groups is 1. The van der Waals surface area contributed by atoms with Crippen LogP contribution in [0.1, 0.15) is 13.3 Å². The number of rotatable bonds is 5. The van der Waals surface area contributed by atoms with E-state index in [1.54, 1.807) is 0 Å². The normalized spacial score (nSPS) is 13.0. The number of aliphatic carboxylic acids is 1. The standard InChI is InChI=1S/C6H12O3S/c1-2-3-9-4-5(10)6(7)8/h5,10H,2-4H2,1H3,(H,7,8). The molecule has 10 heavy (non-hydrogen) atoms. The van der Waals surface area contributed by atoms with Crippen LogP contribution in [0.25, 0.3) is 0 Å². The molecule has 0 aliphatic rings. The Hall–Kier alpha value is -0.220. The zero-order valence-corrected chi connectivity index (χ0v) is 6.80. The van der Waals surface area contributed by atoms with Crippen molar-refractivity contribution in [2.75, 3.05) is 13.2 Å². The lowest BCUT2D eigenvalue weighted by atomic mass is 10.4. The first-order valence-corrected chi connectivity index (χ1v) is 3.68. The van der Waals surface area contributed by atoms with Gasteiger partial charge in [-0.15, -0.1) is 0 Å². The molecule has 0 saturated carbocycles. The SMILES string of the molecule is CCCOCC(S)C(=O)O. The monoisotopic (exact) mass is 164 g/mol. The van der Waals surface area contributed by atoms with Gasteiger partial charge < -0.3 is 9.84 Å². The minimum Gasteiger partial charge on any atom is -0.480 e. The van der Waals surface area contributed by atoms with Crippen molar-refractivity contribution in [3.8, 4) is 0 Å². The molecule has 0 aliphatic heterocycles. The fourth-order valence-electron chi connectivity index (χ4n) is 0.411. The van der Waals surface area contributed by atoms with E-state index in [0.29, 0.717) is 6.61 Å². The molecule has 0 bridgehead atoms. The van der Waals surface area contributed by atoms with Crippen molar-refractivity contribution in [2.45, 2.75) is 18.6 Å². The first kappa shape index (κ1) is 9.78. The van der Waals surface area contributed by atoms with Crippen molar-refractivity contribution in [3.63, 3.8) is 0 Å². The molecule has 0 aromatic rings. The molecule has 0 aromatic heterocycles. The molecule has 60 valence electrons. The van der Waals surface area contributed by atoms with E-state index in [0.717, 1.165) is 6.42 Å². The predicted molar refractivity (Wildman–Crippen MR) is 41.5 cm³/mol. The van der Waals surface area contributed by atoms with Gasteiger partial charge in [0.25, 0.3) is 0 Å². The van der Waals surface area contributed by atoms with Gasteiger partial charge in [0.1, 0.15) is 5.25 Å². The third-order valence-electron chi connectivity index (χ3n) is 0.909. The van der Waals surface area contributed by atoms with Crippen LogP contribution < -0.4 is 0 Å². The van der Waals surface area contributed by atoms with Gasteiger partial charge in [0.05, 0.1) is 6.61 Å². The van der Waals surface area contributed by atoms with Gasteiger partial charge in [-0.25, -0.2) is 0 Å². The minimum absolute atomic E-state index is 0.187. The summed E-state index contributed by atoms with van der Waals surface area (Å²) in [5.41, 5.74) is 0. The highest BCUT2D eigenvalue weighted by atomic mass is 32.1. The molecule has 0 heterocycles. The molecule has 0 radical (unpaired) electrons. The van der Waals surface area contributed by atoms with E-state index in [1.807, 2.05) is 6.92 Å². The van der Waals surface area contributed by atoms with Crippen molar-refractivity contribution in [2.24, 2.45) is 0 Å². The Bertz CT molecular complexity index is 105. The molecule has 0 saturated heterocycles. The fraction of sp³-hybridized carbons (Fsp3) is 0.833. The highest BCUT2D eigenvalue weighted by molar-refractivity contribution is 7.81. The van der Waals surface area contributed by atoms with E-state index in [1.165, 1.54) is 0 Å². The second-order valence-corrected chi connectivity index (χ2v) is 2.55. The number of carboxylic acid groups (broad SMARTS) is 1. The third kappa shape index (κ3) is 4.64. The molecule has 1 unspecified atom stereocenters. The van der Waals surface area contributed by atoms with Crippen molar-refractivity contribution in [3.05, 3.63) is 0 Å². The Kier molecular flexibility index (Phi) is 5.43. The Morgan fingerprint density at radius 2 is 2.40 bits per heavy atom. The number of hydrogen-bond acceptors (Lipinski definition) is 3. The molecule has 0 spiro atoms.